The molecule has 4 heteroatoms. The molecule has 2 aromatic rings. The summed E-state index contributed by atoms with van der Waals surface area (Å²) in [6.45, 7) is 0. The lowest BCUT2D eigenvalue weighted by Crippen LogP contribution is -1.84. The Morgan fingerprint density at radius 3 is 2.39 bits per heavy atom. The van der Waals surface area contributed by atoms with Crippen LogP contribution in [0.5, 0.6) is 5.75 Å². The number of nitrogens with zero attached hydrogens (tertiary/aromatic N) is 1. The normalized spacial score (nSPS) is 9.83. The van der Waals surface area contributed by atoms with E-state index in [0.29, 0.717) is 5.56 Å². The van der Waals surface area contributed by atoms with Crippen molar-refractivity contribution in [2.75, 3.05) is 7.11 Å². The molecule has 0 atom stereocenters. The van der Waals surface area contributed by atoms with Crippen molar-refractivity contribution >= 4 is 27.7 Å². The first kappa shape index (κ1) is 13.0. The maximum absolute atomic E-state index is 8.74. The van der Waals surface area contributed by atoms with E-state index in [4.69, 9.17) is 10.00 Å². The predicted octanol–water partition coefficient (Wildman–Crippen LogP) is 4.48. The smallest absolute Gasteiger partial charge is 0.134 e. The van der Waals surface area contributed by atoms with Gasteiger partial charge in [0.25, 0.3) is 0 Å². The van der Waals surface area contributed by atoms with E-state index in [2.05, 4.69) is 22.0 Å². The molecule has 0 spiro atoms. The summed E-state index contributed by atoms with van der Waals surface area (Å²) < 4.78 is 6.20. The number of methoxy groups -OCH3 is 1. The highest BCUT2D eigenvalue weighted by Gasteiger charge is 2.03. The molecule has 0 saturated heterocycles. The molecule has 0 bridgehead atoms. The van der Waals surface area contributed by atoms with Crippen LogP contribution in [0.1, 0.15) is 5.56 Å². The minimum Gasteiger partial charge on any atom is -0.496 e. The van der Waals surface area contributed by atoms with E-state index in [1.165, 1.54) is 0 Å². The fraction of sp³-hybridized carbons (Fsp3) is 0.0714. The number of benzene rings is 2. The SMILES string of the molecule is COc1cc(Sc2ccc(C#N)cc2)ccc1Br. The third-order valence-corrected chi connectivity index (χ3v) is 3.99. The summed E-state index contributed by atoms with van der Waals surface area (Å²) in [5, 5.41) is 8.74. The predicted molar refractivity (Wildman–Crippen MR) is 76.0 cm³/mol. The quantitative estimate of drug-likeness (QED) is 0.836. The molecule has 0 saturated carbocycles. The van der Waals surface area contributed by atoms with E-state index in [0.717, 1.165) is 20.0 Å². The largest absolute Gasteiger partial charge is 0.496 e. The van der Waals surface area contributed by atoms with Crippen LogP contribution in [0, 0.1) is 11.3 Å². The average molecular weight is 320 g/mol. The summed E-state index contributed by atoms with van der Waals surface area (Å²) in [4.78, 5) is 2.19. The average Bonchev–Trinajstić information content (AvgIpc) is 2.42. The molecule has 0 aromatic heterocycles. The Kier molecular flexibility index (Phi) is 4.29. The number of hydrogen-bond acceptors (Lipinski definition) is 3. The Morgan fingerprint density at radius 1 is 1.11 bits per heavy atom. The van der Waals surface area contributed by atoms with Crippen molar-refractivity contribution in [2.24, 2.45) is 0 Å². The highest BCUT2D eigenvalue weighted by atomic mass is 79.9. The lowest BCUT2D eigenvalue weighted by Gasteiger charge is -2.06. The van der Waals surface area contributed by atoms with Crippen LogP contribution in [0.2, 0.25) is 0 Å². The van der Waals surface area contributed by atoms with Crippen LogP contribution < -0.4 is 4.74 Å². The van der Waals surface area contributed by atoms with Crippen molar-refractivity contribution in [2.45, 2.75) is 9.79 Å². The Bertz CT molecular complexity index is 590. The summed E-state index contributed by atoms with van der Waals surface area (Å²) in [5.41, 5.74) is 0.674. The molecule has 0 aliphatic rings. The van der Waals surface area contributed by atoms with Crippen molar-refractivity contribution in [1.82, 2.24) is 0 Å². The number of rotatable bonds is 3. The maximum Gasteiger partial charge on any atom is 0.134 e. The van der Waals surface area contributed by atoms with Crippen molar-refractivity contribution in [3.05, 3.63) is 52.5 Å². The molecular weight excluding hydrogens is 310 g/mol. The van der Waals surface area contributed by atoms with E-state index in [9.17, 15) is 0 Å². The van der Waals surface area contributed by atoms with E-state index in [1.807, 2.05) is 42.5 Å². The molecular formula is C14H10BrNOS. The van der Waals surface area contributed by atoms with Crippen LogP contribution in [0.3, 0.4) is 0 Å². The van der Waals surface area contributed by atoms with Gasteiger partial charge >= 0.3 is 0 Å². The molecule has 0 aliphatic heterocycles. The molecule has 0 aliphatic carbocycles. The van der Waals surface area contributed by atoms with Gasteiger partial charge in [-0.1, -0.05) is 11.8 Å². The van der Waals surface area contributed by atoms with Crippen molar-refractivity contribution in [3.63, 3.8) is 0 Å². The van der Waals surface area contributed by atoms with Gasteiger partial charge in [0.15, 0.2) is 0 Å². The first-order chi connectivity index (χ1) is 8.72. The van der Waals surface area contributed by atoms with Crippen LogP contribution in [-0.2, 0) is 0 Å². The van der Waals surface area contributed by atoms with Gasteiger partial charge < -0.3 is 4.74 Å². The molecule has 18 heavy (non-hydrogen) atoms. The van der Waals surface area contributed by atoms with Gasteiger partial charge in [-0.2, -0.15) is 5.26 Å². The number of ether oxygens (including phenoxy) is 1. The molecule has 0 fully saturated rings. The molecule has 0 radical (unpaired) electrons. The van der Waals surface area contributed by atoms with Gasteiger partial charge in [-0.25, -0.2) is 0 Å². The third kappa shape index (κ3) is 3.06. The summed E-state index contributed by atoms with van der Waals surface area (Å²) >= 11 is 5.06. The summed E-state index contributed by atoms with van der Waals surface area (Å²) in [6, 6.07) is 15.6. The zero-order chi connectivity index (χ0) is 13.0. The third-order valence-electron chi connectivity index (χ3n) is 2.34. The van der Waals surface area contributed by atoms with Crippen molar-refractivity contribution < 1.29 is 4.74 Å². The molecule has 2 aromatic carbocycles. The van der Waals surface area contributed by atoms with Crippen LogP contribution in [0.4, 0.5) is 0 Å². The van der Waals surface area contributed by atoms with Gasteiger partial charge in [-0.3, -0.25) is 0 Å². The zero-order valence-electron chi connectivity index (χ0n) is 9.68. The number of hydrogen-bond donors (Lipinski definition) is 0. The molecule has 2 rings (SSSR count). The standard InChI is InChI=1S/C14H10BrNOS/c1-17-14-8-12(6-7-13(14)15)18-11-4-2-10(9-16)3-5-11/h2-8H,1H3. The van der Waals surface area contributed by atoms with Gasteiger partial charge in [0, 0.05) is 9.79 Å². The van der Waals surface area contributed by atoms with Crippen LogP contribution in [0.15, 0.2) is 56.7 Å². The first-order valence-electron chi connectivity index (χ1n) is 5.24. The molecule has 90 valence electrons. The second kappa shape index (κ2) is 5.94. The van der Waals surface area contributed by atoms with Crippen LogP contribution in [0.25, 0.3) is 0 Å². The Morgan fingerprint density at radius 2 is 1.78 bits per heavy atom. The summed E-state index contributed by atoms with van der Waals surface area (Å²) in [6.07, 6.45) is 0. The monoisotopic (exact) mass is 319 g/mol. The van der Waals surface area contributed by atoms with Gasteiger partial charge in [0.1, 0.15) is 5.75 Å². The van der Waals surface area contributed by atoms with Gasteiger partial charge in [0.05, 0.1) is 23.2 Å². The van der Waals surface area contributed by atoms with E-state index < -0.39 is 0 Å². The van der Waals surface area contributed by atoms with Crippen LogP contribution >= 0.6 is 27.7 Å². The highest BCUT2D eigenvalue weighted by molar-refractivity contribution is 9.10. The Balaban J connectivity index is 2.20. The van der Waals surface area contributed by atoms with Crippen molar-refractivity contribution in [1.29, 1.82) is 5.26 Å². The second-order valence-corrected chi connectivity index (χ2v) is 5.54. The minimum absolute atomic E-state index is 0.674. The van der Waals surface area contributed by atoms with E-state index in [-0.39, 0.29) is 0 Å². The van der Waals surface area contributed by atoms with Gasteiger partial charge in [0.2, 0.25) is 0 Å². The fourth-order valence-corrected chi connectivity index (χ4v) is 2.69. The highest BCUT2D eigenvalue weighted by Crippen LogP contribution is 2.33. The zero-order valence-corrected chi connectivity index (χ0v) is 12.1. The summed E-state index contributed by atoms with van der Waals surface area (Å²) in [5.74, 6) is 0.814. The van der Waals surface area contributed by atoms with Gasteiger partial charge in [-0.15, -0.1) is 0 Å². The van der Waals surface area contributed by atoms with Gasteiger partial charge in [-0.05, 0) is 58.4 Å². The van der Waals surface area contributed by atoms with Crippen molar-refractivity contribution in [3.8, 4) is 11.8 Å². The first-order valence-corrected chi connectivity index (χ1v) is 6.85. The topological polar surface area (TPSA) is 33.0 Å². The minimum atomic E-state index is 0.674. The molecule has 0 heterocycles. The Hall–Kier alpha value is -1.44. The molecule has 0 unspecified atom stereocenters. The van der Waals surface area contributed by atoms with E-state index >= 15 is 0 Å². The lowest BCUT2D eigenvalue weighted by atomic mass is 10.2. The number of halogens is 1. The van der Waals surface area contributed by atoms with Crippen LogP contribution in [-0.4, -0.2) is 7.11 Å². The molecule has 0 amide bonds. The molecule has 0 N–H and O–H groups in total. The molecule has 2 nitrogen and oxygen atoms in total. The lowest BCUT2D eigenvalue weighted by molar-refractivity contribution is 0.411. The Labute approximate surface area is 119 Å². The maximum atomic E-state index is 8.74. The second-order valence-electron chi connectivity index (χ2n) is 3.53. The van der Waals surface area contributed by atoms with E-state index in [1.54, 1.807) is 18.9 Å². The summed E-state index contributed by atoms with van der Waals surface area (Å²) in [7, 11) is 1.65. The fourth-order valence-electron chi connectivity index (χ4n) is 1.44. The number of nitriles is 1.